The number of rotatable bonds is 3. The fourth-order valence-electron chi connectivity index (χ4n) is 2.60. The highest BCUT2D eigenvalue weighted by molar-refractivity contribution is 6.33. The minimum Gasteiger partial charge on any atom is -0.486 e. The van der Waals surface area contributed by atoms with Crippen LogP contribution < -0.4 is 14.8 Å². The topological polar surface area (TPSA) is 50.8 Å². The maximum atomic E-state index is 11.2. The van der Waals surface area contributed by atoms with E-state index >= 15 is 0 Å². The van der Waals surface area contributed by atoms with Crippen molar-refractivity contribution in [1.29, 1.82) is 0 Å². The molecule has 0 saturated carbocycles. The molecule has 2 heterocycles. The first-order valence-electron chi connectivity index (χ1n) is 6.79. The number of nitrogens with zero attached hydrogens (tertiary/aromatic N) is 1. The van der Waals surface area contributed by atoms with E-state index in [1.54, 1.807) is 0 Å². The lowest BCUT2D eigenvalue weighted by Crippen LogP contribution is -2.43. The van der Waals surface area contributed by atoms with Crippen molar-refractivity contribution in [3.05, 3.63) is 22.2 Å². The Morgan fingerprint density at radius 3 is 2.65 bits per heavy atom. The first-order chi connectivity index (χ1) is 9.79. The van der Waals surface area contributed by atoms with Gasteiger partial charge in [0.2, 0.25) is 0 Å². The van der Waals surface area contributed by atoms with Gasteiger partial charge in [-0.2, -0.15) is 0 Å². The second-order valence-corrected chi connectivity index (χ2v) is 5.34. The van der Waals surface area contributed by atoms with Crippen molar-refractivity contribution >= 4 is 17.9 Å². The van der Waals surface area contributed by atoms with Gasteiger partial charge in [-0.1, -0.05) is 11.6 Å². The number of benzene rings is 1. The standard InChI is InChI=1S/C14H17ClN2O3/c15-12-7-10(8-17-3-1-16-2-4-17)13-14(11(12)9-18)20-6-5-19-13/h7,9,16H,1-6,8H2. The van der Waals surface area contributed by atoms with Gasteiger partial charge in [0.25, 0.3) is 0 Å². The largest absolute Gasteiger partial charge is 0.486 e. The van der Waals surface area contributed by atoms with Crippen LogP contribution in [0.15, 0.2) is 6.07 Å². The molecule has 1 fully saturated rings. The molecule has 0 spiro atoms. The van der Waals surface area contributed by atoms with Crippen LogP contribution in [0.3, 0.4) is 0 Å². The number of nitrogens with one attached hydrogen (secondary N) is 1. The first kappa shape index (κ1) is 13.7. The van der Waals surface area contributed by atoms with Crippen molar-refractivity contribution in [2.75, 3.05) is 39.4 Å². The summed E-state index contributed by atoms with van der Waals surface area (Å²) in [6.07, 6.45) is 0.727. The molecule has 0 atom stereocenters. The molecule has 6 heteroatoms. The summed E-state index contributed by atoms with van der Waals surface area (Å²) in [5.41, 5.74) is 1.36. The lowest BCUT2D eigenvalue weighted by atomic mass is 10.1. The summed E-state index contributed by atoms with van der Waals surface area (Å²) in [6.45, 7) is 5.65. The maximum absolute atomic E-state index is 11.2. The van der Waals surface area contributed by atoms with Crippen LogP contribution in [-0.2, 0) is 6.54 Å². The average Bonchev–Trinajstić information content (AvgIpc) is 2.49. The minimum absolute atomic E-state index is 0.380. The molecule has 0 bridgehead atoms. The normalized spacial score (nSPS) is 18.9. The second-order valence-electron chi connectivity index (χ2n) is 4.93. The molecule has 3 rings (SSSR count). The first-order valence-corrected chi connectivity index (χ1v) is 7.16. The van der Waals surface area contributed by atoms with Crippen molar-refractivity contribution in [3.63, 3.8) is 0 Å². The number of ether oxygens (including phenoxy) is 2. The summed E-state index contributed by atoms with van der Waals surface area (Å²) in [6, 6.07) is 1.82. The van der Waals surface area contributed by atoms with Crippen LogP contribution in [0.2, 0.25) is 5.02 Å². The molecule has 0 unspecified atom stereocenters. The summed E-state index contributed by atoms with van der Waals surface area (Å²) in [5, 5.41) is 3.75. The summed E-state index contributed by atoms with van der Waals surface area (Å²) in [4.78, 5) is 13.5. The van der Waals surface area contributed by atoms with Crippen LogP contribution in [0.4, 0.5) is 0 Å². The summed E-state index contributed by atoms with van der Waals surface area (Å²) >= 11 is 6.19. The van der Waals surface area contributed by atoms with Gasteiger partial charge in [0.05, 0.1) is 10.6 Å². The lowest BCUT2D eigenvalue weighted by Gasteiger charge is -2.29. The summed E-state index contributed by atoms with van der Waals surface area (Å²) < 4.78 is 11.3. The fourth-order valence-corrected chi connectivity index (χ4v) is 2.86. The van der Waals surface area contributed by atoms with Crippen LogP contribution in [0, 0.1) is 0 Å². The molecule has 1 saturated heterocycles. The van der Waals surface area contributed by atoms with Crippen LogP contribution >= 0.6 is 11.6 Å². The number of fused-ring (bicyclic) bond motifs is 1. The Morgan fingerprint density at radius 2 is 1.95 bits per heavy atom. The minimum atomic E-state index is 0.380. The molecule has 2 aliphatic heterocycles. The molecule has 108 valence electrons. The van der Waals surface area contributed by atoms with Gasteiger partial charge >= 0.3 is 0 Å². The van der Waals surface area contributed by atoms with Crippen molar-refractivity contribution in [2.45, 2.75) is 6.54 Å². The predicted molar refractivity (Wildman–Crippen MR) is 76.0 cm³/mol. The smallest absolute Gasteiger partial charge is 0.173 e. The van der Waals surface area contributed by atoms with Crippen molar-refractivity contribution in [2.24, 2.45) is 0 Å². The van der Waals surface area contributed by atoms with E-state index < -0.39 is 0 Å². The number of hydrogen-bond donors (Lipinski definition) is 1. The lowest BCUT2D eigenvalue weighted by molar-refractivity contribution is 0.111. The zero-order valence-electron chi connectivity index (χ0n) is 11.2. The maximum Gasteiger partial charge on any atom is 0.173 e. The van der Waals surface area contributed by atoms with Gasteiger partial charge in [0.15, 0.2) is 17.8 Å². The van der Waals surface area contributed by atoms with Crippen LogP contribution in [0.1, 0.15) is 15.9 Å². The molecule has 2 aliphatic rings. The third-order valence-electron chi connectivity index (χ3n) is 3.60. The number of aldehydes is 1. The zero-order chi connectivity index (χ0) is 13.9. The van der Waals surface area contributed by atoms with Gasteiger partial charge in [0, 0.05) is 38.3 Å². The summed E-state index contributed by atoms with van der Waals surface area (Å²) in [7, 11) is 0. The van der Waals surface area contributed by atoms with E-state index in [1.807, 2.05) is 6.07 Å². The number of halogens is 1. The van der Waals surface area contributed by atoms with Gasteiger partial charge < -0.3 is 14.8 Å². The summed E-state index contributed by atoms with van der Waals surface area (Å²) in [5.74, 6) is 1.16. The molecule has 1 N–H and O–H groups in total. The van der Waals surface area contributed by atoms with E-state index in [9.17, 15) is 4.79 Å². The Kier molecular flexibility index (Phi) is 4.10. The molecule has 0 aromatic heterocycles. The van der Waals surface area contributed by atoms with E-state index in [4.69, 9.17) is 21.1 Å². The Balaban J connectivity index is 1.93. The predicted octanol–water partition coefficient (Wildman–Crippen LogP) is 1.33. The number of hydrogen-bond acceptors (Lipinski definition) is 5. The Morgan fingerprint density at radius 1 is 1.25 bits per heavy atom. The molecule has 5 nitrogen and oxygen atoms in total. The van der Waals surface area contributed by atoms with E-state index in [-0.39, 0.29) is 0 Å². The van der Waals surface area contributed by atoms with E-state index in [0.717, 1.165) is 44.6 Å². The zero-order valence-corrected chi connectivity index (χ0v) is 11.9. The third kappa shape index (κ3) is 2.61. The van der Waals surface area contributed by atoms with E-state index in [0.29, 0.717) is 35.3 Å². The number of carbonyl (C=O) groups is 1. The van der Waals surface area contributed by atoms with Crippen molar-refractivity contribution in [3.8, 4) is 11.5 Å². The van der Waals surface area contributed by atoms with Gasteiger partial charge in [-0.05, 0) is 6.07 Å². The third-order valence-corrected chi connectivity index (χ3v) is 3.91. The van der Waals surface area contributed by atoms with Crippen LogP contribution in [0.25, 0.3) is 0 Å². The molecule has 0 aliphatic carbocycles. The molecule has 0 amide bonds. The number of carbonyl (C=O) groups excluding carboxylic acids is 1. The van der Waals surface area contributed by atoms with Crippen LogP contribution in [-0.4, -0.2) is 50.6 Å². The van der Waals surface area contributed by atoms with Crippen LogP contribution in [0.5, 0.6) is 11.5 Å². The Hall–Kier alpha value is -1.30. The van der Waals surface area contributed by atoms with Gasteiger partial charge in [-0.25, -0.2) is 0 Å². The Bertz CT molecular complexity index is 516. The van der Waals surface area contributed by atoms with Crippen molar-refractivity contribution in [1.82, 2.24) is 10.2 Å². The fraction of sp³-hybridized carbons (Fsp3) is 0.500. The highest BCUT2D eigenvalue weighted by Crippen LogP contribution is 2.41. The molecule has 0 radical (unpaired) electrons. The molecule has 1 aromatic rings. The Labute approximate surface area is 122 Å². The average molecular weight is 297 g/mol. The SMILES string of the molecule is O=Cc1c(Cl)cc(CN2CCNCC2)c2c1OCCO2. The van der Waals surface area contributed by atoms with Crippen molar-refractivity contribution < 1.29 is 14.3 Å². The molecular formula is C14H17ClN2O3. The number of piperazine rings is 1. The molecule has 1 aromatic carbocycles. The van der Waals surface area contributed by atoms with Gasteiger partial charge in [0.1, 0.15) is 13.2 Å². The van der Waals surface area contributed by atoms with Gasteiger partial charge in [-0.3, -0.25) is 9.69 Å². The monoisotopic (exact) mass is 296 g/mol. The second kappa shape index (κ2) is 5.99. The van der Waals surface area contributed by atoms with E-state index in [2.05, 4.69) is 10.2 Å². The molecular weight excluding hydrogens is 280 g/mol. The van der Waals surface area contributed by atoms with Gasteiger partial charge in [-0.15, -0.1) is 0 Å². The molecule has 20 heavy (non-hydrogen) atoms. The van der Waals surface area contributed by atoms with E-state index in [1.165, 1.54) is 0 Å². The quantitative estimate of drug-likeness (QED) is 0.853. The highest BCUT2D eigenvalue weighted by Gasteiger charge is 2.24. The highest BCUT2D eigenvalue weighted by atomic mass is 35.5.